The summed E-state index contributed by atoms with van der Waals surface area (Å²) < 4.78 is 4.82. The van der Waals surface area contributed by atoms with E-state index < -0.39 is 0 Å². The van der Waals surface area contributed by atoms with Gasteiger partial charge in [-0.1, -0.05) is 18.6 Å². The molecule has 13 heavy (non-hydrogen) atoms. The highest BCUT2D eigenvalue weighted by molar-refractivity contribution is 5.74. The monoisotopic (exact) mass is 180 g/mol. The van der Waals surface area contributed by atoms with Gasteiger partial charge in [-0.3, -0.25) is 4.79 Å². The Kier molecular flexibility index (Phi) is 1.94. The molecule has 0 spiro atoms. The highest BCUT2D eigenvalue weighted by atomic mass is 16.5. The maximum atomic E-state index is 11.5. The van der Waals surface area contributed by atoms with E-state index in [4.69, 9.17) is 4.74 Å². The van der Waals surface area contributed by atoms with E-state index in [0.717, 1.165) is 6.42 Å². The molecule has 0 aromatic rings. The maximum Gasteiger partial charge on any atom is 0.309 e. The van der Waals surface area contributed by atoms with Crippen molar-refractivity contribution >= 4 is 5.97 Å². The summed E-state index contributed by atoms with van der Waals surface area (Å²) in [6.45, 7) is 4.34. The molecule has 0 saturated heterocycles. The van der Waals surface area contributed by atoms with Crippen LogP contribution in [0.1, 0.15) is 20.3 Å². The van der Waals surface area contributed by atoms with Crippen LogP contribution in [0, 0.1) is 23.7 Å². The third-order valence-corrected chi connectivity index (χ3v) is 3.72. The van der Waals surface area contributed by atoms with Crippen LogP contribution in [0.15, 0.2) is 11.6 Å². The van der Waals surface area contributed by atoms with E-state index in [2.05, 4.69) is 19.9 Å². The zero-order valence-corrected chi connectivity index (χ0v) is 8.41. The zero-order valence-electron chi connectivity index (χ0n) is 8.41. The average molecular weight is 180 g/mol. The van der Waals surface area contributed by atoms with E-state index in [9.17, 15) is 4.79 Å². The second-order valence-electron chi connectivity index (χ2n) is 4.32. The van der Waals surface area contributed by atoms with E-state index >= 15 is 0 Å². The Labute approximate surface area is 79.0 Å². The van der Waals surface area contributed by atoms with Crippen molar-refractivity contribution in [1.82, 2.24) is 0 Å². The van der Waals surface area contributed by atoms with Crippen molar-refractivity contribution < 1.29 is 9.53 Å². The molecule has 0 N–H and O–H groups in total. The number of hydrogen-bond donors (Lipinski definition) is 0. The molecule has 0 amide bonds. The van der Waals surface area contributed by atoms with Gasteiger partial charge in [-0.05, 0) is 31.1 Å². The summed E-state index contributed by atoms with van der Waals surface area (Å²) in [4.78, 5) is 11.5. The first kappa shape index (κ1) is 8.79. The predicted molar refractivity (Wildman–Crippen MR) is 50.0 cm³/mol. The van der Waals surface area contributed by atoms with Gasteiger partial charge >= 0.3 is 5.97 Å². The predicted octanol–water partition coefficient (Wildman–Crippen LogP) is 2.01. The Balaban J connectivity index is 2.22. The zero-order chi connectivity index (χ0) is 9.59. The molecule has 2 heteroatoms. The van der Waals surface area contributed by atoms with Gasteiger partial charge in [0.1, 0.15) is 0 Å². The third kappa shape index (κ3) is 1.11. The van der Waals surface area contributed by atoms with E-state index in [1.165, 1.54) is 12.7 Å². The van der Waals surface area contributed by atoms with Crippen molar-refractivity contribution in [3.63, 3.8) is 0 Å². The normalized spacial score (nSPS) is 41.9. The Morgan fingerprint density at radius 2 is 2.31 bits per heavy atom. The number of ether oxygens (including phenoxy) is 1. The number of rotatable bonds is 1. The molecule has 0 radical (unpaired) electrons. The number of esters is 1. The molecule has 2 bridgehead atoms. The summed E-state index contributed by atoms with van der Waals surface area (Å²) in [5.41, 5.74) is 1.47. The molecule has 1 fully saturated rings. The highest BCUT2D eigenvalue weighted by Crippen LogP contribution is 2.51. The Bertz CT molecular complexity index is 267. The van der Waals surface area contributed by atoms with Crippen LogP contribution in [0.5, 0.6) is 0 Å². The van der Waals surface area contributed by atoms with Gasteiger partial charge < -0.3 is 4.74 Å². The first-order chi connectivity index (χ1) is 6.15. The number of hydrogen-bond acceptors (Lipinski definition) is 2. The van der Waals surface area contributed by atoms with Gasteiger partial charge in [0.05, 0.1) is 13.0 Å². The fraction of sp³-hybridized carbons (Fsp3) is 0.727. The lowest BCUT2D eigenvalue weighted by molar-refractivity contribution is -0.147. The quantitative estimate of drug-likeness (QED) is 0.456. The largest absolute Gasteiger partial charge is 0.469 e. The van der Waals surface area contributed by atoms with Crippen molar-refractivity contribution in [2.75, 3.05) is 7.11 Å². The Morgan fingerprint density at radius 3 is 2.77 bits per heavy atom. The molecule has 4 atom stereocenters. The molecule has 1 saturated carbocycles. The van der Waals surface area contributed by atoms with Gasteiger partial charge in [0.2, 0.25) is 0 Å². The standard InChI is InChI=1S/C11H16O2/c1-6-4-8-5-9(6)7(2)10(8)11(12)13-3/h4,7-10H,5H2,1-3H3. The number of fused-ring (bicyclic) bond motifs is 2. The van der Waals surface area contributed by atoms with Gasteiger partial charge in [0.25, 0.3) is 0 Å². The molecular weight excluding hydrogens is 164 g/mol. The minimum Gasteiger partial charge on any atom is -0.469 e. The second-order valence-corrected chi connectivity index (χ2v) is 4.32. The van der Waals surface area contributed by atoms with Gasteiger partial charge in [0.15, 0.2) is 0 Å². The maximum absolute atomic E-state index is 11.5. The topological polar surface area (TPSA) is 26.3 Å². The molecule has 72 valence electrons. The molecule has 2 rings (SSSR count). The fourth-order valence-corrected chi connectivity index (χ4v) is 3.05. The van der Waals surface area contributed by atoms with Crippen molar-refractivity contribution in [2.45, 2.75) is 20.3 Å². The summed E-state index contributed by atoms with van der Waals surface area (Å²) in [6.07, 6.45) is 3.42. The second kappa shape index (κ2) is 2.86. The molecule has 0 aliphatic heterocycles. The van der Waals surface area contributed by atoms with Gasteiger partial charge in [-0.15, -0.1) is 0 Å². The molecule has 0 aromatic heterocycles. The van der Waals surface area contributed by atoms with E-state index in [0.29, 0.717) is 17.8 Å². The van der Waals surface area contributed by atoms with Crippen LogP contribution in [-0.2, 0) is 9.53 Å². The van der Waals surface area contributed by atoms with Gasteiger partial charge in [0, 0.05) is 0 Å². The number of methoxy groups -OCH3 is 1. The third-order valence-electron chi connectivity index (χ3n) is 3.72. The molecule has 4 unspecified atom stereocenters. The molecule has 2 aliphatic rings. The molecular formula is C11H16O2. The summed E-state index contributed by atoms with van der Waals surface area (Å²) in [7, 11) is 1.48. The van der Waals surface area contributed by atoms with Crippen molar-refractivity contribution in [3.05, 3.63) is 11.6 Å². The lowest BCUT2D eigenvalue weighted by Crippen LogP contribution is -2.27. The van der Waals surface area contributed by atoms with Crippen LogP contribution in [0.2, 0.25) is 0 Å². The Morgan fingerprint density at radius 1 is 1.62 bits per heavy atom. The van der Waals surface area contributed by atoms with Crippen LogP contribution in [0.25, 0.3) is 0 Å². The minimum absolute atomic E-state index is 0.0243. The SMILES string of the molecule is COC(=O)C1C2C=C(C)C(C2)C1C. The number of carbonyl (C=O) groups excluding carboxylic acids is 1. The van der Waals surface area contributed by atoms with Crippen LogP contribution >= 0.6 is 0 Å². The first-order valence-electron chi connectivity index (χ1n) is 4.91. The lowest BCUT2D eigenvalue weighted by atomic mass is 9.81. The van der Waals surface area contributed by atoms with E-state index in [-0.39, 0.29) is 11.9 Å². The molecule has 2 nitrogen and oxygen atoms in total. The van der Waals surface area contributed by atoms with E-state index in [1.807, 2.05) is 0 Å². The van der Waals surface area contributed by atoms with E-state index in [1.54, 1.807) is 0 Å². The molecule has 2 aliphatic carbocycles. The van der Waals surface area contributed by atoms with Crippen LogP contribution < -0.4 is 0 Å². The molecule has 0 aromatic carbocycles. The summed E-state index contributed by atoms with van der Waals surface area (Å²) in [5, 5.41) is 0. The Hall–Kier alpha value is -0.790. The highest BCUT2D eigenvalue weighted by Gasteiger charge is 2.48. The summed E-state index contributed by atoms with van der Waals surface area (Å²) in [5.74, 6) is 1.66. The molecule has 0 heterocycles. The minimum atomic E-state index is -0.0243. The fourth-order valence-electron chi connectivity index (χ4n) is 3.05. The summed E-state index contributed by atoms with van der Waals surface area (Å²) >= 11 is 0. The number of allylic oxidation sites excluding steroid dienone is 2. The van der Waals surface area contributed by atoms with Crippen LogP contribution in [0.3, 0.4) is 0 Å². The average Bonchev–Trinajstić information content (AvgIpc) is 2.59. The van der Waals surface area contributed by atoms with Gasteiger partial charge in [-0.25, -0.2) is 0 Å². The van der Waals surface area contributed by atoms with Crippen LogP contribution in [-0.4, -0.2) is 13.1 Å². The van der Waals surface area contributed by atoms with Crippen molar-refractivity contribution in [2.24, 2.45) is 23.7 Å². The summed E-state index contributed by atoms with van der Waals surface area (Å²) in [6, 6.07) is 0. The lowest BCUT2D eigenvalue weighted by Gasteiger charge is -2.24. The van der Waals surface area contributed by atoms with Crippen LogP contribution in [0.4, 0.5) is 0 Å². The smallest absolute Gasteiger partial charge is 0.309 e. The van der Waals surface area contributed by atoms with Crippen molar-refractivity contribution in [3.8, 4) is 0 Å². The number of carbonyl (C=O) groups is 1. The first-order valence-corrected chi connectivity index (χ1v) is 4.91. The van der Waals surface area contributed by atoms with Gasteiger partial charge in [-0.2, -0.15) is 0 Å². The van der Waals surface area contributed by atoms with Crippen molar-refractivity contribution in [1.29, 1.82) is 0 Å².